The van der Waals surface area contributed by atoms with Crippen LogP contribution in [-0.2, 0) is 10.2 Å². The SMILES string of the molecule is COc1ccc(C2(C(N)=O)CCCCC2)cc1Cl. The van der Waals surface area contributed by atoms with Crippen LogP contribution in [0.4, 0.5) is 0 Å². The molecule has 1 aromatic rings. The van der Waals surface area contributed by atoms with Crippen LogP contribution in [0.15, 0.2) is 18.2 Å². The molecular formula is C14H18ClNO2. The topological polar surface area (TPSA) is 52.3 Å². The fourth-order valence-electron chi connectivity index (χ4n) is 2.80. The monoisotopic (exact) mass is 267 g/mol. The minimum atomic E-state index is -0.547. The molecule has 0 unspecified atom stereocenters. The molecule has 1 amide bonds. The number of hydrogen-bond donors (Lipinski definition) is 1. The molecule has 3 nitrogen and oxygen atoms in total. The minimum Gasteiger partial charge on any atom is -0.495 e. The molecule has 1 aliphatic carbocycles. The molecule has 0 radical (unpaired) electrons. The second-order valence-corrected chi connectivity index (χ2v) is 5.26. The zero-order valence-electron chi connectivity index (χ0n) is 10.5. The van der Waals surface area contributed by atoms with Gasteiger partial charge in [-0.3, -0.25) is 4.79 Å². The van der Waals surface area contributed by atoms with Crippen molar-refractivity contribution in [1.82, 2.24) is 0 Å². The normalized spacial score (nSPS) is 18.3. The van der Waals surface area contributed by atoms with E-state index in [0.29, 0.717) is 10.8 Å². The van der Waals surface area contributed by atoms with Gasteiger partial charge in [0.15, 0.2) is 0 Å². The van der Waals surface area contributed by atoms with Crippen molar-refractivity contribution in [3.05, 3.63) is 28.8 Å². The van der Waals surface area contributed by atoms with Gasteiger partial charge in [-0.2, -0.15) is 0 Å². The van der Waals surface area contributed by atoms with Gasteiger partial charge < -0.3 is 10.5 Å². The molecule has 0 aliphatic heterocycles. The second-order valence-electron chi connectivity index (χ2n) is 4.86. The highest BCUT2D eigenvalue weighted by atomic mass is 35.5. The first-order valence-electron chi connectivity index (χ1n) is 6.24. The van der Waals surface area contributed by atoms with Crippen molar-refractivity contribution in [3.63, 3.8) is 0 Å². The Kier molecular flexibility index (Phi) is 3.81. The molecule has 98 valence electrons. The number of hydrogen-bond acceptors (Lipinski definition) is 2. The highest BCUT2D eigenvalue weighted by molar-refractivity contribution is 6.32. The molecule has 1 aromatic carbocycles. The number of carbonyl (C=O) groups excluding carboxylic acids is 1. The van der Waals surface area contributed by atoms with E-state index in [2.05, 4.69) is 0 Å². The Morgan fingerprint density at radius 3 is 2.50 bits per heavy atom. The predicted octanol–water partition coefficient (Wildman–Crippen LogP) is 3.04. The van der Waals surface area contributed by atoms with E-state index in [4.69, 9.17) is 22.1 Å². The lowest BCUT2D eigenvalue weighted by atomic mass is 9.69. The first-order chi connectivity index (χ1) is 8.60. The Labute approximate surface area is 112 Å². The summed E-state index contributed by atoms with van der Waals surface area (Å²) < 4.78 is 5.13. The first-order valence-corrected chi connectivity index (χ1v) is 6.62. The standard InChI is InChI=1S/C14H18ClNO2/c1-18-12-6-5-10(9-11(12)15)14(13(16)17)7-3-2-4-8-14/h5-6,9H,2-4,7-8H2,1H3,(H2,16,17). The summed E-state index contributed by atoms with van der Waals surface area (Å²) in [5.74, 6) is 0.374. The van der Waals surface area contributed by atoms with Crippen molar-refractivity contribution in [3.8, 4) is 5.75 Å². The van der Waals surface area contributed by atoms with Crippen molar-refractivity contribution in [2.45, 2.75) is 37.5 Å². The van der Waals surface area contributed by atoms with Crippen LogP contribution >= 0.6 is 11.6 Å². The molecule has 2 N–H and O–H groups in total. The number of primary amides is 1. The van der Waals surface area contributed by atoms with Gasteiger partial charge in [-0.1, -0.05) is 36.9 Å². The Morgan fingerprint density at radius 2 is 2.00 bits per heavy atom. The molecule has 1 fully saturated rings. The van der Waals surface area contributed by atoms with Crippen LogP contribution in [0.1, 0.15) is 37.7 Å². The number of rotatable bonds is 3. The van der Waals surface area contributed by atoms with Crippen LogP contribution in [0.5, 0.6) is 5.75 Å². The van der Waals surface area contributed by atoms with Crippen LogP contribution in [0.25, 0.3) is 0 Å². The molecule has 1 saturated carbocycles. The molecule has 0 bridgehead atoms. The summed E-state index contributed by atoms with van der Waals surface area (Å²) in [7, 11) is 1.57. The lowest BCUT2D eigenvalue weighted by Gasteiger charge is -2.35. The van der Waals surface area contributed by atoms with Gasteiger partial charge in [-0.25, -0.2) is 0 Å². The fourth-order valence-corrected chi connectivity index (χ4v) is 3.05. The summed E-state index contributed by atoms with van der Waals surface area (Å²) >= 11 is 6.14. The van der Waals surface area contributed by atoms with E-state index in [1.165, 1.54) is 6.42 Å². The lowest BCUT2D eigenvalue weighted by Crippen LogP contribution is -2.42. The third-order valence-corrected chi connectivity index (χ3v) is 4.18. The third kappa shape index (κ3) is 2.19. The average molecular weight is 268 g/mol. The summed E-state index contributed by atoms with van der Waals surface area (Å²) in [5.41, 5.74) is 6.01. The fraction of sp³-hybridized carbons (Fsp3) is 0.500. The smallest absolute Gasteiger partial charge is 0.228 e. The first kappa shape index (κ1) is 13.2. The number of methoxy groups -OCH3 is 1. The molecular weight excluding hydrogens is 250 g/mol. The maximum Gasteiger partial charge on any atom is 0.228 e. The Bertz CT molecular complexity index is 453. The Balaban J connectivity index is 2.43. The highest BCUT2D eigenvalue weighted by Gasteiger charge is 2.39. The van der Waals surface area contributed by atoms with Gasteiger partial charge in [-0.15, -0.1) is 0 Å². The number of nitrogens with two attached hydrogens (primary N) is 1. The van der Waals surface area contributed by atoms with E-state index in [0.717, 1.165) is 31.2 Å². The summed E-state index contributed by atoms with van der Waals surface area (Å²) in [4.78, 5) is 11.9. The summed E-state index contributed by atoms with van der Waals surface area (Å²) in [5, 5.41) is 0.529. The molecule has 0 spiro atoms. The average Bonchev–Trinajstić information content (AvgIpc) is 2.39. The van der Waals surface area contributed by atoms with E-state index < -0.39 is 5.41 Å². The van der Waals surface area contributed by atoms with E-state index in [1.54, 1.807) is 13.2 Å². The van der Waals surface area contributed by atoms with Gasteiger partial charge >= 0.3 is 0 Å². The van der Waals surface area contributed by atoms with Crippen LogP contribution < -0.4 is 10.5 Å². The predicted molar refractivity (Wildman–Crippen MR) is 72.0 cm³/mol. The summed E-state index contributed by atoms with van der Waals surface area (Å²) in [6.45, 7) is 0. The van der Waals surface area contributed by atoms with Crippen LogP contribution in [0.2, 0.25) is 5.02 Å². The molecule has 1 aliphatic rings. The van der Waals surface area contributed by atoms with Crippen LogP contribution in [0, 0.1) is 0 Å². The lowest BCUT2D eigenvalue weighted by molar-refractivity contribution is -0.124. The molecule has 0 heterocycles. The number of amides is 1. The Morgan fingerprint density at radius 1 is 1.33 bits per heavy atom. The van der Waals surface area contributed by atoms with Gasteiger partial charge in [0.05, 0.1) is 17.5 Å². The summed E-state index contributed by atoms with van der Waals surface area (Å²) in [6, 6.07) is 5.52. The number of carbonyl (C=O) groups is 1. The van der Waals surface area contributed by atoms with Crippen molar-refractivity contribution in [2.24, 2.45) is 5.73 Å². The van der Waals surface area contributed by atoms with Crippen molar-refractivity contribution >= 4 is 17.5 Å². The van der Waals surface area contributed by atoms with Crippen molar-refractivity contribution < 1.29 is 9.53 Å². The molecule has 2 rings (SSSR count). The van der Waals surface area contributed by atoms with Crippen molar-refractivity contribution in [1.29, 1.82) is 0 Å². The third-order valence-electron chi connectivity index (χ3n) is 3.88. The number of ether oxygens (including phenoxy) is 1. The largest absolute Gasteiger partial charge is 0.495 e. The van der Waals surface area contributed by atoms with E-state index in [1.807, 2.05) is 12.1 Å². The molecule has 0 aromatic heterocycles. The zero-order chi connectivity index (χ0) is 13.2. The van der Waals surface area contributed by atoms with Crippen LogP contribution in [-0.4, -0.2) is 13.0 Å². The maximum absolute atomic E-state index is 11.9. The van der Waals surface area contributed by atoms with E-state index in [-0.39, 0.29) is 5.91 Å². The quantitative estimate of drug-likeness (QED) is 0.915. The maximum atomic E-state index is 11.9. The van der Waals surface area contributed by atoms with Gasteiger partial charge in [-0.05, 0) is 30.5 Å². The van der Waals surface area contributed by atoms with Gasteiger partial charge in [0.2, 0.25) is 5.91 Å². The molecule has 18 heavy (non-hydrogen) atoms. The van der Waals surface area contributed by atoms with E-state index in [9.17, 15) is 4.79 Å². The van der Waals surface area contributed by atoms with Crippen molar-refractivity contribution in [2.75, 3.05) is 7.11 Å². The number of benzene rings is 1. The van der Waals surface area contributed by atoms with Gasteiger partial charge in [0.25, 0.3) is 0 Å². The van der Waals surface area contributed by atoms with Gasteiger partial charge in [0.1, 0.15) is 5.75 Å². The molecule has 0 atom stereocenters. The minimum absolute atomic E-state index is 0.247. The zero-order valence-corrected chi connectivity index (χ0v) is 11.3. The molecule has 0 saturated heterocycles. The highest BCUT2D eigenvalue weighted by Crippen LogP contribution is 2.41. The molecule has 4 heteroatoms. The summed E-state index contributed by atoms with van der Waals surface area (Å²) in [6.07, 6.45) is 4.86. The van der Waals surface area contributed by atoms with Gasteiger partial charge in [0, 0.05) is 0 Å². The Hall–Kier alpha value is -1.22. The number of halogens is 1. The van der Waals surface area contributed by atoms with E-state index >= 15 is 0 Å². The van der Waals surface area contributed by atoms with Crippen LogP contribution in [0.3, 0.4) is 0 Å². The second kappa shape index (κ2) is 5.19.